The fourth-order valence-corrected chi connectivity index (χ4v) is 5.12. The average molecular weight is 489 g/mol. The molecule has 4 heterocycles. The monoisotopic (exact) mass is 488 g/mol. The summed E-state index contributed by atoms with van der Waals surface area (Å²) in [7, 11) is -1.81. The first-order valence-corrected chi connectivity index (χ1v) is 12.8. The van der Waals surface area contributed by atoms with Crippen LogP contribution < -0.4 is 15.4 Å². The van der Waals surface area contributed by atoms with Crippen LogP contribution >= 0.6 is 0 Å². The molecule has 2 N–H and O–H groups in total. The molecule has 1 saturated heterocycles. The quantitative estimate of drug-likeness (QED) is 0.447. The first-order valence-electron chi connectivity index (χ1n) is 10.8. The van der Waals surface area contributed by atoms with Gasteiger partial charge in [-0.1, -0.05) is 0 Å². The van der Waals surface area contributed by atoms with Crippen molar-refractivity contribution < 1.29 is 17.5 Å². The second-order valence-electron chi connectivity index (χ2n) is 8.66. The molecule has 0 saturated carbocycles. The summed E-state index contributed by atoms with van der Waals surface area (Å²) in [5.41, 5.74) is 8.69. The number of methoxy groups -OCH3 is 1. The highest BCUT2D eigenvalue weighted by Crippen LogP contribution is 2.32. The Morgan fingerprint density at radius 2 is 2.06 bits per heavy atom. The minimum Gasteiger partial charge on any atom is -0.494 e. The van der Waals surface area contributed by atoms with E-state index in [-0.39, 0.29) is 23.5 Å². The Bertz CT molecular complexity index is 1510. The molecule has 0 unspecified atom stereocenters. The van der Waals surface area contributed by atoms with E-state index in [9.17, 15) is 12.8 Å². The smallest absolute Gasteiger partial charge is 0.223 e. The number of nitrogen functional groups attached to an aromatic ring is 1. The number of ether oxygens (including phenoxy) is 1. The van der Waals surface area contributed by atoms with E-state index < -0.39 is 15.7 Å². The van der Waals surface area contributed by atoms with Crippen molar-refractivity contribution in [2.24, 2.45) is 0 Å². The molecule has 13 heteroatoms. The average Bonchev–Trinajstić information content (AvgIpc) is 3.37. The van der Waals surface area contributed by atoms with Crippen LogP contribution in [0.1, 0.15) is 30.3 Å². The Morgan fingerprint density at radius 1 is 1.26 bits per heavy atom. The van der Waals surface area contributed by atoms with E-state index in [1.165, 1.54) is 34.7 Å². The number of nitrogens with two attached hydrogens (primary N) is 1. The predicted octanol–water partition coefficient (Wildman–Crippen LogP) is 1.90. The van der Waals surface area contributed by atoms with Crippen LogP contribution in [0.5, 0.6) is 5.75 Å². The molecule has 1 fully saturated rings. The second-order valence-corrected chi connectivity index (χ2v) is 10.8. The van der Waals surface area contributed by atoms with Gasteiger partial charge in [0.15, 0.2) is 32.9 Å². The third-order valence-electron chi connectivity index (χ3n) is 6.00. The molecule has 0 radical (unpaired) electrons. The topological polar surface area (TPSA) is 134 Å². The summed E-state index contributed by atoms with van der Waals surface area (Å²) in [5.74, 6) is 0.156. The lowest BCUT2D eigenvalue weighted by Gasteiger charge is -2.32. The highest BCUT2D eigenvalue weighted by Gasteiger charge is 2.28. The molecule has 3 aromatic heterocycles. The van der Waals surface area contributed by atoms with Crippen molar-refractivity contribution in [1.82, 2.24) is 29.4 Å². The maximum Gasteiger partial charge on any atom is 0.223 e. The van der Waals surface area contributed by atoms with Gasteiger partial charge in [0.1, 0.15) is 5.88 Å². The van der Waals surface area contributed by atoms with E-state index in [4.69, 9.17) is 15.5 Å². The molecular formula is C21H25FN8O3S. The fraction of sp³-hybridized carbons (Fsp3) is 0.429. The van der Waals surface area contributed by atoms with Crippen molar-refractivity contribution in [3.63, 3.8) is 0 Å². The molecule has 1 aromatic carbocycles. The molecule has 1 aliphatic heterocycles. The summed E-state index contributed by atoms with van der Waals surface area (Å²) in [6, 6.07) is 2.83. The SMILES string of the molecule is COc1cc2nc(N)n3nc([C@H]4CCCN(c5cn(CS(C)(=O)=O)nc5C)C4)nc3c2cc1F. The van der Waals surface area contributed by atoms with Gasteiger partial charge in [0.25, 0.3) is 0 Å². The van der Waals surface area contributed by atoms with Crippen LogP contribution in [-0.4, -0.2) is 64.2 Å². The molecule has 34 heavy (non-hydrogen) atoms. The number of aryl methyl sites for hydroxylation is 1. The number of rotatable bonds is 5. The van der Waals surface area contributed by atoms with Gasteiger partial charge < -0.3 is 15.4 Å². The number of piperidine rings is 1. The Morgan fingerprint density at radius 3 is 2.79 bits per heavy atom. The summed E-state index contributed by atoms with van der Waals surface area (Å²) in [6.07, 6.45) is 4.72. The number of benzene rings is 1. The highest BCUT2D eigenvalue weighted by molar-refractivity contribution is 7.89. The highest BCUT2D eigenvalue weighted by atomic mass is 32.2. The summed E-state index contributed by atoms with van der Waals surface area (Å²) in [6.45, 7) is 3.31. The lowest BCUT2D eigenvalue weighted by Crippen LogP contribution is -2.35. The lowest BCUT2D eigenvalue weighted by atomic mass is 9.97. The zero-order valence-electron chi connectivity index (χ0n) is 19.1. The third kappa shape index (κ3) is 4.00. The van der Waals surface area contributed by atoms with Gasteiger partial charge in [0.05, 0.1) is 24.0 Å². The molecule has 0 amide bonds. The van der Waals surface area contributed by atoms with Gasteiger partial charge in [0.2, 0.25) is 5.95 Å². The van der Waals surface area contributed by atoms with Crippen molar-refractivity contribution in [3.05, 3.63) is 35.7 Å². The molecule has 5 rings (SSSR count). The molecule has 0 bridgehead atoms. The van der Waals surface area contributed by atoms with Gasteiger partial charge in [-0.15, -0.1) is 5.10 Å². The van der Waals surface area contributed by atoms with Crippen molar-refractivity contribution in [1.29, 1.82) is 0 Å². The van der Waals surface area contributed by atoms with Gasteiger partial charge >= 0.3 is 0 Å². The third-order valence-corrected chi connectivity index (χ3v) is 6.73. The van der Waals surface area contributed by atoms with Crippen LogP contribution in [-0.2, 0) is 15.7 Å². The van der Waals surface area contributed by atoms with Gasteiger partial charge in [-0.05, 0) is 25.8 Å². The number of nitrogens with zero attached hydrogens (tertiary/aromatic N) is 7. The Hall–Kier alpha value is -3.48. The van der Waals surface area contributed by atoms with Crippen molar-refractivity contribution in [2.45, 2.75) is 31.6 Å². The van der Waals surface area contributed by atoms with E-state index in [0.717, 1.165) is 30.8 Å². The normalized spacial score (nSPS) is 17.1. The number of hydrogen-bond donors (Lipinski definition) is 1. The number of halogens is 1. The number of anilines is 2. The summed E-state index contributed by atoms with van der Waals surface area (Å²) in [4.78, 5) is 11.2. The molecule has 0 spiro atoms. The van der Waals surface area contributed by atoms with Crippen molar-refractivity contribution in [2.75, 3.05) is 37.1 Å². The molecule has 1 aliphatic rings. The predicted molar refractivity (Wildman–Crippen MR) is 125 cm³/mol. The van der Waals surface area contributed by atoms with Crippen molar-refractivity contribution >= 4 is 38.0 Å². The van der Waals surface area contributed by atoms with Crippen LogP contribution in [0.2, 0.25) is 0 Å². The maximum atomic E-state index is 14.4. The standard InChI is InChI=1S/C21H25FN8O3S/c1-12-17(10-29(26-12)11-34(3,31)32)28-6-4-5-13(9-28)19-25-20-14-7-15(22)18(33-2)8-16(14)24-21(23)30(20)27-19/h7-8,10,13H,4-6,9,11H2,1-3H3,(H2,23,24)/t13-/m0/s1. The lowest BCUT2D eigenvalue weighted by molar-refractivity contribution is 0.387. The maximum absolute atomic E-state index is 14.4. The van der Waals surface area contributed by atoms with Crippen LogP contribution in [0, 0.1) is 12.7 Å². The molecule has 4 aromatic rings. The number of aromatic nitrogens is 6. The zero-order chi connectivity index (χ0) is 24.2. The number of sulfone groups is 1. The summed E-state index contributed by atoms with van der Waals surface area (Å²) >= 11 is 0. The van der Waals surface area contributed by atoms with Crippen LogP contribution in [0.15, 0.2) is 18.3 Å². The van der Waals surface area contributed by atoms with E-state index in [1.54, 1.807) is 6.20 Å². The van der Waals surface area contributed by atoms with Crippen LogP contribution in [0.4, 0.5) is 16.0 Å². The number of hydrogen-bond acceptors (Lipinski definition) is 9. The van der Waals surface area contributed by atoms with E-state index in [0.29, 0.717) is 28.9 Å². The minimum absolute atomic E-state index is 0.00357. The Balaban J connectivity index is 1.49. The largest absolute Gasteiger partial charge is 0.494 e. The first-order chi connectivity index (χ1) is 16.1. The van der Waals surface area contributed by atoms with E-state index >= 15 is 0 Å². The summed E-state index contributed by atoms with van der Waals surface area (Å²) in [5, 5.41) is 9.46. The molecule has 0 aliphatic carbocycles. The molecule has 1 atom stereocenters. The second kappa shape index (κ2) is 8.08. The fourth-order valence-electron chi connectivity index (χ4n) is 4.51. The number of fused-ring (bicyclic) bond motifs is 3. The van der Waals surface area contributed by atoms with E-state index in [2.05, 4.69) is 20.1 Å². The van der Waals surface area contributed by atoms with Gasteiger partial charge in [-0.25, -0.2) is 22.8 Å². The van der Waals surface area contributed by atoms with Gasteiger partial charge in [-0.3, -0.25) is 4.68 Å². The van der Waals surface area contributed by atoms with Crippen molar-refractivity contribution in [3.8, 4) is 5.75 Å². The van der Waals surface area contributed by atoms with Gasteiger partial charge in [-0.2, -0.15) is 9.61 Å². The van der Waals surface area contributed by atoms with E-state index in [1.807, 2.05) is 6.92 Å². The molecule has 180 valence electrons. The Labute approximate surface area is 195 Å². The summed E-state index contributed by atoms with van der Waals surface area (Å²) < 4.78 is 45.7. The minimum atomic E-state index is -3.20. The van der Waals surface area contributed by atoms with Gasteiger partial charge in [0, 0.05) is 42.9 Å². The Kier molecular flexibility index (Phi) is 5.30. The first kappa shape index (κ1) is 22.3. The van der Waals surface area contributed by atoms with Crippen LogP contribution in [0.25, 0.3) is 16.6 Å². The molecule has 11 nitrogen and oxygen atoms in total. The van der Waals surface area contributed by atoms with Crippen LogP contribution in [0.3, 0.4) is 0 Å². The zero-order valence-corrected chi connectivity index (χ0v) is 19.9. The molecular weight excluding hydrogens is 463 g/mol.